The van der Waals surface area contributed by atoms with Crippen LogP contribution in [0.1, 0.15) is 50.2 Å². The lowest BCUT2D eigenvalue weighted by Crippen LogP contribution is -2.51. The number of amides is 2. The number of benzene rings is 2. The molecule has 1 saturated carbocycles. The van der Waals surface area contributed by atoms with Crippen LogP contribution in [0.4, 0.5) is 0 Å². The summed E-state index contributed by atoms with van der Waals surface area (Å²) in [5, 5.41) is 3.70. The Morgan fingerprint density at radius 2 is 1.77 bits per heavy atom. The predicted octanol–water partition coefficient (Wildman–Crippen LogP) is 4.89. The van der Waals surface area contributed by atoms with E-state index in [9.17, 15) is 9.59 Å². The normalized spacial score (nSPS) is 15.2. The van der Waals surface area contributed by atoms with Gasteiger partial charge in [0.25, 0.3) is 5.91 Å². The fraction of sp³-hybridized carbons (Fsp3) is 0.440. The van der Waals surface area contributed by atoms with Crippen molar-refractivity contribution in [3.8, 4) is 5.75 Å². The summed E-state index contributed by atoms with van der Waals surface area (Å²) in [5.74, 6) is 0.227. The number of nitrogens with zero attached hydrogens (tertiary/aromatic N) is 1. The van der Waals surface area contributed by atoms with Gasteiger partial charge in [0.05, 0.1) is 0 Å². The van der Waals surface area contributed by atoms with E-state index in [1.54, 1.807) is 17.9 Å². The molecular formula is C25H31ClN2O3. The van der Waals surface area contributed by atoms with Crippen LogP contribution in [0.15, 0.2) is 48.5 Å². The van der Waals surface area contributed by atoms with Gasteiger partial charge in [-0.3, -0.25) is 9.59 Å². The standard InChI is InChI=1S/C25H31ClN2O3/c1-18-12-14-22(15-13-18)31-17-24(29)28(16-20-8-6-7-11-23(20)26)19(2)25(30)27-21-9-4-3-5-10-21/h6-8,11-15,19,21H,3-5,9-10,16-17H2,1-2H3,(H,27,30)/t19-/m1/s1. The Labute approximate surface area is 189 Å². The molecule has 1 aliphatic rings. The third kappa shape index (κ3) is 6.73. The van der Waals surface area contributed by atoms with Gasteiger partial charge in [0.1, 0.15) is 11.8 Å². The zero-order chi connectivity index (χ0) is 22.2. The monoisotopic (exact) mass is 442 g/mol. The molecule has 1 atom stereocenters. The second-order valence-corrected chi connectivity index (χ2v) is 8.64. The van der Waals surface area contributed by atoms with Crippen molar-refractivity contribution >= 4 is 23.4 Å². The number of nitrogens with one attached hydrogen (secondary N) is 1. The maximum Gasteiger partial charge on any atom is 0.261 e. The first-order valence-electron chi connectivity index (χ1n) is 11.0. The van der Waals surface area contributed by atoms with E-state index in [2.05, 4.69) is 5.32 Å². The quantitative estimate of drug-likeness (QED) is 0.633. The Bertz CT molecular complexity index is 879. The highest BCUT2D eigenvalue weighted by atomic mass is 35.5. The highest BCUT2D eigenvalue weighted by Crippen LogP contribution is 2.21. The van der Waals surface area contributed by atoms with Crippen molar-refractivity contribution in [1.82, 2.24) is 10.2 Å². The van der Waals surface area contributed by atoms with Crippen molar-refractivity contribution in [2.24, 2.45) is 0 Å². The Morgan fingerprint density at radius 3 is 2.45 bits per heavy atom. The van der Waals surface area contributed by atoms with Crippen LogP contribution in [0.2, 0.25) is 5.02 Å². The molecule has 3 rings (SSSR count). The van der Waals surface area contributed by atoms with Gasteiger partial charge in [-0.05, 0) is 50.5 Å². The molecule has 0 bridgehead atoms. The topological polar surface area (TPSA) is 58.6 Å². The number of ether oxygens (including phenoxy) is 1. The highest BCUT2D eigenvalue weighted by Gasteiger charge is 2.28. The summed E-state index contributed by atoms with van der Waals surface area (Å²) in [7, 11) is 0. The summed E-state index contributed by atoms with van der Waals surface area (Å²) in [4.78, 5) is 27.6. The Hall–Kier alpha value is -2.53. The lowest BCUT2D eigenvalue weighted by molar-refractivity contribution is -0.142. The van der Waals surface area contributed by atoms with E-state index in [0.29, 0.717) is 10.8 Å². The van der Waals surface area contributed by atoms with Crippen LogP contribution in [-0.2, 0) is 16.1 Å². The van der Waals surface area contributed by atoms with Crippen molar-refractivity contribution in [2.45, 2.75) is 64.6 Å². The van der Waals surface area contributed by atoms with E-state index in [0.717, 1.165) is 36.8 Å². The van der Waals surface area contributed by atoms with Gasteiger partial charge in [-0.15, -0.1) is 0 Å². The number of aryl methyl sites for hydroxylation is 1. The average molecular weight is 443 g/mol. The molecule has 1 N–H and O–H groups in total. The van der Waals surface area contributed by atoms with Crippen molar-refractivity contribution in [3.63, 3.8) is 0 Å². The van der Waals surface area contributed by atoms with Gasteiger partial charge in [0, 0.05) is 17.6 Å². The Morgan fingerprint density at radius 1 is 1.10 bits per heavy atom. The van der Waals surface area contributed by atoms with E-state index in [4.69, 9.17) is 16.3 Å². The molecule has 2 amide bonds. The maximum absolute atomic E-state index is 13.1. The van der Waals surface area contributed by atoms with E-state index < -0.39 is 6.04 Å². The molecule has 0 aliphatic heterocycles. The van der Waals surface area contributed by atoms with E-state index in [1.165, 1.54) is 6.42 Å². The van der Waals surface area contributed by atoms with Crippen LogP contribution >= 0.6 is 11.6 Å². The van der Waals surface area contributed by atoms with E-state index in [-0.39, 0.29) is 31.0 Å². The Balaban J connectivity index is 1.71. The minimum atomic E-state index is -0.632. The van der Waals surface area contributed by atoms with Crippen molar-refractivity contribution < 1.29 is 14.3 Å². The van der Waals surface area contributed by atoms with Gasteiger partial charge in [0.2, 0.25) is 5.91 Å². The number of carbonyl (C=O) groups is 2. The van der Waals surface area contributed by atoms with Crippen LogP contribution in [0.5, 0.6) is 5.75 Å². The third-order valence-corrected chi connectivity index (χ3v) is 6.17. The smallest absolute Gasteiger partial charge is 0.261 e. The van der Waals surface area contributed by atoms with Crippen LogP contribution in [0.25, 0.3) is 0 Å². The molecule has 5 nitrogen and oxygen atoms in total. The summed E-state index contributed by atoms with van der Waals surface area (Å²) in [6.07, 6.45) is 5.47. The molecule has 0 radical (unpaired) electrons. The first-order chi connectivity index (χ1) is 14.9. The number of hydrogen-bond donors (Lipinski definition) is 1. The second-order valence-electron chi connectivity index (χ2n) is 8.23. The van der Waals surface area contributed by atoms with Crippen LogP contribution < -0.4 is 10.1 Å². The summed E-state index contributed by atoms with van der Waals surface area (Å²) in [6.45, 7) is 3.86. The van der Waals surface area contributed by atoms with Gasteiger partial charge < -0.3 is 15.0 Å². The number of hydrogen-bond acceptors (Lipinski definition) is 3. The van der Waals surface area contributed by atoms with Crippen LogP contribution in [-0.4, -0.2) is 35.4 Å². The molecule has 1 aliphatic carbocycles. The van der Waals surface area contributed by atoms with Gasteiger partial charge in [-0.25, -0.2) is 0 Å². The number of carbonyl (C=O) groups excluding carboxylic acids is 2. The number of halogens is 1. The highest BCUT2D eigenvalue weighted by molar-refractivity contribution is 6.31. The van der Waals surface area contributed by atoms with Crippen molar-refractivity contribution in [2.75, 3.05) is 6.61 Å². The molecule has 6 heteroatoms. The summed E-state index contributed by atoms with van der Waals surface area (Å²) < 4.78 is 5.70. The van der Waals surface area contributed by atoms with E-state index in [1.807, 2.05) is 49.4 Å². The summed E-state index contributed by atoms with van der Waals surface area (Å²) >= 11 is 6.33. The zero-order valence-electron chi connectivity index (χ0n) is 18.3. The van der Waals surface area contributed by atoms with Gasteiger partial charge >= 0.3 is 0 Å². The van der Waals surface area contributed by atoms with Gasteiger partial charge in [0.15, 0.2) is 6.61 Å². The largest absolute Gasteiger partial charge is 0.484 e. The molecule has 0 unspecified atom stereocenters. The second kappa shape index (κ2) is 11.2. The summed E-state index contributed by atoms with van der Waals surface area (Å²) in [5.41, 5.74) is 1.91. The molecule has 0 aromatic heterocycles. The molecule has 0 saturated heterocycles. The lowest BCUT2D eigenvalue weighted by Gasteiger charge is -2.31. The van der Waals surface area contributed by atoms with Gasteiger partial charge in [-0.2, -0.15) is 0 Å². The third-order valence-electron chi connectivity index (χ3n) is 5.80. The molecule has 1 fully saturated rings. The lowest BCUT2D eigenvalue weighted by atomic mass is 9.95. The molecule has 0 spiro atoms. The SMILES string of the molecule is Cc1ccc(OCC(=O)N(Cc2ccccc2Cl)[C@H](C)C(=O)NC2CCCCC2)cc1. The van der Waals surface area contributed by atoms with Crippen molar-refractivity contribution in [3.05, 3.63) is 64.7 Å². The first kappa shape index (κ1) is 23.1. The molecule has 31 heavy (non-hydrogen) atoms. The predicted molar refractivity (Wildman–Crippen MR) is 123 cm³/mol. The molecule has 0 heterocycles. The zero-order valence-corrected chi connectivity index (χ0v) is 19.0. The molecule has 2 aromatic rings. The van der Waals surface area contributed by atoms with E-state index >= 15 is 0 Å². The number of rotatable bonds is 8. The van der Waals surface area contributed by atoms with Gasteiger partial charge in [-0.1, -0.05) is 66.8 Å². The first-order valence-corrected chi connectivity index (χ1v) is 11.3. The molecule has 166 valence electrons. The minimum absolute atomic E-state index is 0.136. The molecule has 2 aromatic carbocycles. The maximum atomic E-state index is 13.1. The molecular weight excluding hydrogens is 412 g/mol. The summed E-state index contributed by atoms with van der Waals surface area (Å²) in [6, 6.07) is 14.5. The Kier molecular flexibility index (Phi) is 8.35. The van der Waals surface area contributed by atoms with Crippen molar-refractivity contribution in [1.29, 1.82) is 0 Å². The fourth-order valence-corrected chi connectivity index (χ4v) is 4.02. The van der Waals surface area contributed by atoms with Crippen LogP contribution in [0.3, 0.4) is 0 Å². The van der Waals surface area contributed by atoms with Crippen LogP contribution in [0, 0.1) is 6.92 Å². The average Bonchev–Trinajstić information content (AvgIpc) is 2.78. The minimum Gasteiger partial charge on any atom is -0.484 e. The fourth-order valence-electron chi connectivity index (χ4n) is 3.82.